The number of nitrogens with two attached hydrogens (primary N) is 1. The van der Waals surface area contributed by atoms with E-state index in [-0.39, 0.29) is 11.8 Å². The molecule has 0 saturated carbocycles. The summed E-state index contributed by atoms with van der Waals surface area (Å²) in [6, 6.07) is 2.80. The molecule has 0 spiro atoms. The number of hydrogen-bond acceptors (Lipinski definition) is 4. The second-order valence-corrected chi connectivity index (χ2v) is 4.86. The van der Waals surface area contributed by atoms with Crippen molar-refractivity contribution >= 4 is 11.9 Å². The Hall–Kier alpha value is -1.82. The van der Waals surface area contributed by atoms with Crippen LogP contribution in [0.15, 0.2) is 16.5 Å². The normalized spacial score (nSPS) is 13.3. The fourth-order valence-electron chi connectivity index (χ4n) is 1.30. The van der Waals surface area contributed by atoms with Gasteiger partial charge in [-0.15, -0.1) is 0 Å². The van der Waals surface area contributed by atoms with E-state index in [9.17, 15) is 9.59 Å². The van der Waals surface area contributed by atoms with Gasteiger partial charge in [-0.1, -0.05) is 0 Å². The number of carbonyl (C=O) groups is 2. The SMILES string of the molecule is CC(NCC(C)(C)C(N)=O)c1ccc(C(=O)O)o1. The Morgan fingerprint density at radius 1 is 1.50 bits per heavy atom. The van der Waals surface area contributed by atoms with Gasteiger partial charge in [0.1, 0.15) is 5.76 Å². The van der Waals surface area contributed by atoms with E-state index in [2.05, 4.69) is 5.32 Å². The van der Waals surface area contributed by atoms with Crippen LogP contribution >= 0.6 is 0 Å². The van der Waals surface area contributed by atoms with Crippen LogP contribution in [0.3, 0.4) is 0 Å². The minimum atomic E-state index is -1.11. The Labute approximate surface area is 105 Å². The number of amides is 1. The number of carbonyl (C=O) groups excluding carboxylic acids is 1. The molecule has 1 rings (SSSR count). The molecule has 0 aliphatic carbocycles. The van der Waals surface area contributed by atoms with Gasteiger partial charge in [0.05, 0.1) is 11.5 Å². The lowest BCUT2D eigenvalue weighted by Crippen LogP contribution is -2.41. The topological polar surface area (TPSA) is 106 Å². The maximum atomic E-state index is 11.1. The van der Waals surface area contributed by atoms with Gasteiger partial charge in [-0.25, -0.2) is 4.79 Å². The zero-order chi connectivity index (χ0) is 13.9. The van der Waals surface area contributed by atoms with Crippen LogP contribution in [-0.2, 0) is 4.79 Å². The molecule has 1 heterocycles. The molecule has 0 saturated heterocycles. The molecule has 6 heteroatoms. The Kier molecular flexibility index (Phi) is 4.13. The van der Waals surface area contributed by atoms with Gasteiger partial charge in [0.15, 0.2) is 0 Å². The summed E-state index contributed by atoms with van der Waals surface area (Å²) in [5.41, 5.74) is 4.59. The van der Waals surface area contributed by atoms with E-state index in [0.717, 1.165) is 0 Å². The highest BCUT2D eigenvalue weighted by molar-refractivity contribution is 5.84. The third-order valence-electron chi connectivity index (χ3n) is 2.78. The molecule has 0 aliphatic heterocycles. The fourth-order valence-corrected chi connectivity index (χ4v) is 1.30. The van der Waals surface area contributed by atoms with Crippen LogP contribution in [0.25, 0.3) is 0 Å². The molecule has 1 aromatic rings. The Morgan fingerprint density at radius 3 is 2.56 bits per heavy atom. The van der Waals surface area contributed by atoms with Crippen LogP contribution in [0.1, 0.15) is 43.1 Å². The highest BCUT2D eigenvalue weighted by atomic mass is 16.4. The maximum Gasteiger partial charge on any atom is 0.371 e. The van der Waals surface area contributed by atoms with Crippen molar-refractivity contribution in [3.63, 3.8) is 0 Å². The van der Waals surface area contributed by atoms with E-state index < -0.39 is 17.3 Å². The minimum absolute atomic E-state index is 0.104. The van der Waals surface area contributed by atoms with E-state index >= 15 is 0 Å². The summed E-state index contributed by atoms with van der Waals surface area (Å²) in [6.45, 7) is 5.67. The molecule has 1 aromatic heterocycles. The van der Waals surface area contributed by atoms with E-state index in [1.165, 1.54) is 6.07 Å². The first-order valence-electron chi connectivity index (χ1n) is 5.60. The molecule has 1 atom stereocenters. The third-order valence-corrected chi connectivity index (χ3v) is 2.78. The first-order chi connectivity index (χ1) is 8.24. The van der Waals surface area contributed by atoms with Crippen molar-refractivity contribution in [1.82, 2.24) is 5.32 Å². The smallest absolute Gasteiger partial charge is 0.371 e. The minimum Gasteiger partial charge on any atom is -0.475 e. The van der Waals surface area contributed by atoms with Gasteiger partial charge in [-0.3, -0.25) is 4.79 Å². The van der Waals surface area contributed by atoms with E-state index in [1.54, 1.807) is 19.9 Å². The molecule has 0 radical (unpaired) electrons. The van der Waals surface area contributed by atoms with Gasteiger partial charge in [0.2, 0.25) is 11.7 Å². The highest BCUT2D eigenvalue weighted by Crippen LogP contribution is 2.19. The van der Waals surface area contributed by atoms with Crippen LogP contribution in [0.2, 0.25) is 0 Å². The number of carboxylic acids is 1. The molecule has 1 amide bonds. The van der Waals surface area contributed by atoms with Crippen molar-refractivity contribution in [1.29, 1.82) is 0 Å². The molecule has 0 bridgehead atoms. The maximum absolute atomic E-state index is 11.1. The highest BCUT2D eigenvalue weighted by Gasteiger charge is 2.26. The van der Waals surface area contributed by atoms with Crippen molar-refractivity contribution < 1.29 is 19.1 Å². The van der Waals surface area contributed by atoms with Crippen LogP contribution in [-0.4, -0.2) is 23.5 Å². The van der Waals surface area contributed by atoms with Gasteiger partial charge in [-0.2, -0.15) is 0 Å². The quantitative estimate of drug-likeness (QED) is 0.706. The van der Waals surface area contributed by atoms with Gasteiger partial charge in [0, 0.05) is 6.54 Å². The molecule has 6 nitrogen and oxygen atoms in total. The van der Waals surface area contributed by atoms with Crippen LogP contribution in [0.5, 0.6) is 0 Å². The van der Waals surface area contributed by atoms with E-state index in [1.807, 2.05) is 6.92 Å². The number of hydrogen-bond donors (Lipinski definition) is 3. The number of primary amides is 1. The van der Waals surface area contributed by atoms with Gasteiger partial charge in [-0.05, 0) is 32.9 Å². The standard InChI is InChI=1S/C12H18N2O4/c1-7(14-6-12(2,3)11(13)17)8-4-5-9(18-8)10(15)16/h4-5,7,14H,6H2,1-3H3,(H2,13,17)(H,15,16). The lowest BCUT2D eigenvalue weighted by Gasteiger charge is -2.23. The largest absolute Gasteiger partial charge is 0.475 e. The van der Waals surface area contributed by atoms with E-state index in [4.69, 9.17) is 15.3 Å². The van der Waals surface area contributed by atoms with Gasteiger partial charge >= 0.3 is 5.97 Å². The number of rotatable bonds is 6. The number of furan rings is 1. The van der Waals surface area contributed by atoms with E-state index in [0.29, 0.717) is 12.3 Å². The van der Waals surface area contributed by atoms with Crippen molar-refractivity contribution in [2.45, 2.75) is 26.8 Å². The van der Waals surface area contributed by atoms with Crippen LogP contribution < -0.4 is 11.1 Å². The predicted octanol–water partition coefficient (Wildman–Crippen LogP) is 1.14. The Balaban J connectivity index is 2.63. The monoisotopic (exact) mass is 254 g/mol. The summed E-state index contributed by atoms with van der Waals surface area (Å²) in [6.07, 6.45) is 0. The average molecular weight is 254 g/mol. The zero-order valence-electron chi connectivity index (χ0n) is 10.7. The lowest BCUT2D eigenvalue weighted by molar-refractivity contribution is -0.125. The molecule has 0 fully saturated rings. The molecule has 4 N–H and O–H groups in total. The summed E-state index contributed by atoms with van der Waals surface area (Å²) >= 11 is 0. The first kappa shape index (κ1) is 14.2. The molecule has 0 aliphatic rings. The predicted molar refractivity (Wildman–Crippen MR) is 65.1 cm³/mol. The van der Waals surface area contributed by atoms with Crippen LogP contribution in [0.4, 0.5) is 0 Å². The van der Waals surface area contributed by atoms with Crippen molar-refractivity contribution in [3.05, 3.63) is 23.7 Å². The van der Waals surface area contributed by atoms with Crippen molar-refractivity contribution in [2.24, 2.45) is 11.1 Å². The second kappa shape index (κ2) is 5.22. The third kappa shape index (κ3) is 3.33. The van der Waals surface area contributed by atoms with Crippen molar-refractivity contribution in [3.8, 4) is 0 Å². The zero-order valence-corrected chi connectivity index (χ0v) is 10.7. The summed E-state index contributed by atoms with van der Waals surface area (Å²) in [5.74, 6) is -1.10. The van der Waals surface area contributed by atoms with Crippen LogP contribution in [0, 0.1) is 5.41 Å². The number of carboxylic acid groups (broad SMARTS) is 1. The van der Waals surface area contributed by atoms with Crippen molar-refractivity contribution in [2.75, 3.05) is 6.54 Å². The number of nitrogens with one attached hydrogen (secondary N) is 1. The molecule has 0 aromatic carbocycles. The lowest BCUT2D eigenvalue weighted by atomic mass is 9.92. The average Bonchev–Trinajstić information content (AvgIpc) is 2.75. The summed E-state index contributed by atoms with van der Waals surface area (Å²) < 4.78 is 5.15. The molecule has 100 valence electrons. The van der Waals surface area contributed by atoms with Gasteiger partial charge < -0.3 is 20.6 Å². The summed E-state index contributed by atoms with van der Waals surface area (Å²) in [4.78, 5) is 21.8. The molecular weight excluding hydrogens is 236 g/mol. The first-order valence-corrected chi connectivity index (χ1v) is 5.60. The van der Waals surface area contributed by atoms with Gasteiger partial charge in [0.25, 0.3) is 0 Å². The molecule has 18 heavy (non-hydrogen) atoms. The Morgan fingerprint density at radius 2 is 2.11 bits per heavy atom. The molecule has 1 unspecified atom stereocenters. The summed E-state index contributed by atoms with van der Waals surface area (Å²) in [7, 11) is 0. The molecular formula is C12H18N2O4. The fraction of sp³-hybridized carbons (Fsp3) is 0.500. The number of aromatic carboxylic acids is 1. The summed E-state index contributed by atoms with van der Waals surface area (Å²) in [5, 5.41) is 11.8. The second-order valence-electron chi connectivity index (χ2n) is 4.86. The Bertz CT molecular complexity index is 451.